The summed E-state index contributed by atoms with van der Waals surface area (Å²) in [6, 6.07) is 16.3. The Morgan fingerprint density at radius 1 is 1.14 bits per heavy atom. The summed E-state index contributed by atoms with van der Waals surface area (Å²) in [5.74, 6) is -0.251. The third-order valence-corrected chi connectivity index (χ3v) is 6.27. The van der Waals surface area contributed by atoms with E-state index in [9.17, 15) is 14.0 Å². The molecule has 1 atom stereocenters. The van der Waals surface area contributed by atoms with Gasteiger partial charge in [-0.25, -0.2) is 4.39 Å². The Kier molecular flexibility index (Phi) is 8.26. The van der Waals surface area contributed by atoms with Crippen molar-refractivity contribution in [2.45, 2.75) is 45.3 Å². The standard InChI is InChI=1S/C27H31FN4O3/c1-20-6-2-3-16-31(20)17-5-15-29-27(34)22-9-11-24(12-10-22)32-26(33)14-13-25(30-32)35-19-21-7-4-8-23(28)18-21/h4,7-14,18,20H,2-3,5-6,15-17,19H2,1H3,(H,29,34)/t20-/m0/s1. The number of carbonyl (C=O) groups excluding carboxylic acids is 1. The fourth-order valence-electron chi connectivity index (χ4n) is 4.27. The largest absolute Gasteiger partial charge is 0.472 e. The van der Waals surface area contributed by atoms with Crippen LogP contribution in [0, 0.1) is 5.82 Å². The van der Waals surface area contributed by atoms with Gasteiger partial charge in [-0.2, -0.15) is 4.68 Å². The van der Waals surface area contributed by atoms with E-state index in [1.54, 1.807) is 36.4 Å². The van der Waals surface area contributed by atoms with Gasteiger partial charge in [-0.3, -0.25) is 9.59 Å². The number of benzene rings is 2. The number of aromatic nitrogens is 2. The summed E-state index contributed by atoms with van der Waals surface area (Å²) in [7, 11) is 0. The van der Waals surface area contributed by atoms with Crippen LogP contribution >= 0.6 is 0 Å². The van der Waals surface area contributed by atoms with Gasteiger partial charge in [0, 0.05) is 36.8 Å². The first-order valence-electron chi connectivity index (χ1n) is 12.1. The molecular formula is C27H31FN4O3. The van der Waals surface area contributed by atoms with Gasteiger partial charge in [-0.1, -0.05) is 18.6 Å². The van der Waals surface area contributed by atoms with Crippen LogP contribution < -0.4 is 15.6 Å². The Morgan fingerprint density at radius 2 is 1.97 bits per heavy atom. The fourth-order valence-corrected chi connectivity index (χ4v) is 4.27. The maximum absolute atomic E-state index is 13.4. The quantitative estimate of drug-likeness (QED) is 0.472. The second kappa shape index (κ2) is 11.8. The second-order valence-electron chi connectivity index (χ2n) is 8.88. The van der Waals surface area contributed by atoms with Crippen LogP contribution in [0.2, 0.25) is 0 Å². The average Bonchev–Trinajstić information content (AvgIpc) is 2.87. The first-order valence-corrected chi connectivity index (χ1v) is 12.1. The maximum atomic E-state index is 13.4. The predicted molar refractivity (Wildman–Crippen MR) is 132 cm³/mol. The molecule has 0 unspecified atom stereocenters. The Bertz CT molecular complexity index is 1200. The number of rotatable bonds is 9. The van der Waals surface area contributed by atoms with Gasteiger partial charge in [0.15, 0.2) is 0 Å². The van der Waals surface area contributed by atoms with Gasteiger partial charge in [0.1, 0.15) is 12.4 Å². The number of carbonyl (C=O) groups is 1. The van der Waals surface area contributed by atoms with Crippen molar-refractivity contribution in [1.29, 1.82) is 0 Å². The molecule has 4 rings (SSSR count). The minimum absolute atomic E-state index is 0.124. The molecule has 3 aromatic rings. The Labute approximate surface area is 204 Å². The Balaban J connectivity index is 1.32. The summed E-state index contributed by atoms with van der Waals surface area (Å²) >= 11 is 0. The Hall–Kier alpha value is -3.52. The number of nitrogens with zero attached hydrogens (tertiary/aromatic N) is 3. The summed E-state index contributed by atoms with van der Waals surface area (Å²) in [4.78, 5) is 27.4. The van der Waals surface area contributed by atoms with Gasteiger partial charge in [-0.15, -0.1) is 5.10 Å². The lowest BCUT2D eigenvalue weighted by Crippen LogP contribution is -2.39. The van der Waals surface area contributed by atoms with Crippen molar-refractivity contribution in [3.8, 4) is 11.6 Å². The molecule has 1 aromatic heterocycles. The molecule has 1 aliphatic heterocycles. The summed E-state index contributed by atoms with van der Waals surface area (Å²) in [5.41, 5.74) is 1.37. The van der Waals surface area contributed by atoms with Gasteiger partial charge in [0.2, 0.25) is 5.88 Å². The van der Waals surface area contributed by atoms with Crippen LogP contribution in [0.4, 0.5) is 4.39 Å². The SMILES string of the molecule is C[C@H]1CCCCN1CCCNC(=O)c1ccc(-n2nc(OCc3cccc(F)c3)ccc2=O)cc1. The van der Waals surface area contributed by atoms with Gasteiger partial charge in [0.25, 0.3) is 11.5 Å². The first-order chi connectivity index (χ1) is 17.0. The van der Waals surface area contributed by atoms with E-state index in [1.165, 1.54) is 48.2 Å². The summed E-state index contributed by atoms with van der Waals surface area (Å²) in [6.07, 6.45) is 4.72. The van der Waals surface area contributed by atoms with Crippen molar-refractivity contribution in [3.63, 3.8) is 0 Å². The zero-order valence-electron chi connectivity index (χ0n) is 20.0. The molecule has 184 valence electrons. The highest BCUT2D eigenvalue weighted by Gasteiger charge is 2.17. The molecule has 0 radical (unpaired) electrons. The summed E-state index contributed by atoms with van der Waals surface area (Å²) in [6.45, 7) is 5.15. The third-order valence-electron chi connectivity index (χ3n) is 6.27. The van der Waals surface area contributed by atoms with E-state index in [2.05, 4.69) is 22.2 Å². The van der Waals surface area contributed by atoms with Crippen LogP contribution in [0.25, 0.3) is 5.69 Å². The number of ether oxygens (including phenoxy) is 1. The maximum Gasteiger partial charge on any atom is 0.271 e. The molecule has 1 saturated heterocycles. The summed E-state index contributed by atoms with van der Waals surface area (Å²) in [5, 5.41) is 7.22. The number of likely N-dealkylation sites (tertiary alicyclic amines) is 1. The number of amides is 1. The summed E-state index contributed by atoms with van der Waals surface area (Å²) < 4.78 is 20.2. The molecule has 35 heavy (non-hydrogen) atoms. The number of hydrogen-bond donors (Lipinski definition) is 1. The minimum atomic E-state index is -0.343. The molecule has 1 fully saturated rings. The lowest BCUT2D eigenvalue weighted by Gasteiger charge is -2.33. The molecule has 2 aromatic carbocycles. The van der Waals surface area contributed by atoms with E-state index >= 15 is 0 Å². The molecule has 1 aliphatic rings. The molecule has 0 bridgehead atoms. The highest BCUT2D eigenvalue weighted by molar-refractivity contribution is 5.94. The van der Waals surface area contributed by atoms with Crippen LogP contribution in [0.5, 0.6) is 5.88 Å². The van der Waals surface area contributed by atoms with Crippen molar-refractivity contribution >= 4 is 5.91 Å². The number of piperidine rings is 1. The van der Waals surface area contributed by atoms with Crippen molar-refractivity contribution in [1.82, 2.24) is 20.0 Å². The lowest BCUT2D eigenvalue weighted by atomic mass is 10.0. The van der Waals surface area contributed by atoms with Crippen LogP contribution in [0.3, 0.4) is 0 Å². The van der Waals surface area contributed by atoms with Crippen molar-refractivity contribution < 1.29 is 13.9 Å². The van der Waals surface area contributed by atoms with Crippen molar-refractivity contribution in [3.05, 3.63) is 88.0 Å². The third kappa shape index (κ3) is 6.76. The predicted octanol–water partition coefficient (Wildman–Crippen LogP) is 3.94. The Morgan fingerprint density at radius 3 is 2.74 bits per heavy atom. The number of halogens is 1. The molecule has 7 nitrogen and oxygen atoms in total. The molecule has 0 spiro atoms. The normalized spacial score (nSPS) is 16.1. The van der Waals surface area contributed by atoms with Gasteiger partial charge in [0.05, 0.1) is 5.69 Å². The molecule has 8 heteroatoms. The van der Waals surface area contributed by atoms with Crippen molar-refractivity contribution in [2.75, 3.05) is 19.6 Å². The smallest absolute Gasteiger partial charge is 0.271 e. The topological polar surface area (TPSA) is 76.5 Å². The first kappa shape index (κ1) is 24.6. The van der Waals surface area contributed by atoms with Crippen LogP contribution in [-0.4, -0.2) is 46.3 Å². The zero-order chi connectivity index (χ0) is 24.6. The van der Waals surface area contributed by atoms with E-state index in [-0.39, 0.29) is 29.8 Å². The zero-order valence-corrected chi connectivity index (χ0v) is 20.0. The molecule has 0 saturated carbocycles. The molecule has 0 aliphatic carbocycles. The minimum Gasteiger partial charge on any atom is -0.472 e. The highest BCUT2D eigenvalue weighted by Crippen LogP contribution is 2.16. The molecule has 1 N–H and O–H groups in total. The molecular weight excluding hydrogens is 447 g/mol. The van der Waals surface area contributed by atoms with Crippen LogP contribution in [0.15, 0.2) is 65.5 Å². The number of hydrogen-bond acceptors (Lipinski definition) is 5. The monoisotopic (exact) mass is 478 g/mol. The fraction of sp³-hybridized carbons (Fsp3) is 0.370. The van der Waals surface area contributed by atoms with E-state index in [0.717, 1.165) is 19.5 Å². The molecule has 1 amide bonds. The molecule has 2 heterocycles. The van der Waals surface area contributed by atoms with Gasteiger partial charge >= 0.3 is 0 Å². The van der Waals surface area contributed by atoms with E-state index in [0.29, 0.717) is 29.4 Å². The van der Waals surface area contributed by atoms with E-state index in [1.807, 2.05) is 0 Å². The average molecular weight is 479 g/mol. The van der Waals surface area contributed by atoms with Gasteiger partial charge < -0.3 is 15.0 Å². The second-order valence-corrected chi connectivity index (χ2v) is 8.88. The van der Waals surface area contributed by atoms with E-state index < -0.39 is 0 Å². The van der Waals surface area contributed by atoms with Crippen molar-refractivity contribution in [2.24, 2.45) is 0 Å². The lowest BCUT2D eigenvalue weighted by molar-refractivity contribution is 0.0949. The van der Waals surface area contributed by atoms with Crippen LogP contribution in [0.1, 0.15) is 48.5 Å². The van der Waals surface area contributed by atoms with Crippen LogP contribution in [-0.2, 0) is 6.61 Å². The van der Waals surface area contributed by atoms with E-state index in [4.69, 9.17) is 4.74 Å². The number of nitrogens with one attached hydrogen (secondary N) is 1. The van der Waals surface area contributed by atoms with Gasteiger partial charge in [-0.05, 0) is 74.7 Å². The highest BCUT2D eigenvalue weighted by atomic mass is 19.1.